The van der Waals surface area contributed by atoms with Crippen molar-refractivity contribution in [3.8, 4) is 11.5 Å². The lowest BCUT2D eigenvalue weighted by atomic mass is 10.0. The number of hydrogen-bond donors (Lipinski definition) is 1. The number of azo groups is 1. The molecule has 0 aromatic heterocycles. The highest BCUT2D eigenvalue weighted by molar-refractivity contribution is 8.18. The van der Waals surface area contributed by atoms with Crippen LogP contribution in [0.5, 0.6) is 11.5 Å². The molecule has 0 bridgehead atoms. The average molecular weight is 570 g/mol. The zero-order chi connectivity index (χ0) is 29.0. The SMILES string of the molecule is Cc1ccc(C(C)C)c(OCCN2C(=O)S/C(=C\c3cc(N=Nc4cccc(C(F)(F)F)c4)ccc3O)C2=O)c1. The highest BCUT2D eigenvalue weighted by Gasteiger charge is 2.35. The number of nitrogens with zero attached hydrogens (tertiary/aromatic N) is 3. The van der Waals surface area contributed by atoms with Gasteiger partial charge in [0.1, 0.15) is 18.1 Å². The van der Waals surface area contributed by atoms with Crippen LogP contribution in [0.2, 0.25) is 0 Å². The smallest absolute Gasteiger partial charge is 0.416 e. The van der Waals surface area contributed by atoms with Crippen LogP contribution in [0.15, 0.2) is 75.8 Å². The number of amides is 2. The van der Waals surface area contributed by atoms with Gasteiger partial charge in [0, 0.05) is 5.56 Å². The number of rotatable bonds is 8. The molecule has 11 heteroatoms. The molecule has 1 aliphatic rings. The Hall–Kier alpha value is -4.12. The van der Waals surface area contributed by atoms with Crippen LogP contribution in [0.1, 0.15) is 42.0 Å². The van der Waals surface area contributed by atoms with Gasteiger partial charge in [0.25, 0.3) is 11.1 Å². The first kappa shape index (κ1) is 28.9. The molecule has 1 heterocycles. The molecular weight excluding hydrogens is 543 g/mol. The number of benzene rings is 3. The summed E-state index contributed by atoms with van der Waals surface area (Å²) in [5, 5.41) is 17.6. The van der Waals surface area contributed by atoms with E-state index in [9.17, 15) is 27.9 Å². The van der Waals surface area contributed by atoms with Crippen molar-refractivity contribution in [2.75, 3.05) is 13.2 Å². The summed E-state index contributed by atoms with van der Waals surface area (Å²) in [6.07, 6.45) is -3.15. The molecule has 40 heavy (non-hydrogen) atoms. The number of phenols is 1. The molecule has 0 spiro atoms. The Morgan fingerprint density at radius 1 is 1.02 bits per heavy atom. The van der Waals surface area contributed by atoms with Gasteiger partial charge in [-0.3, -0.25) is 14.5 Å². The molecule has 0 unspecified atom stereocenters. The standard InChI is InChI=1S/C29H26F3N3O4S/c1-17(2)23-9-7-18(3)13-25(23)39-12-11-35-27(37)26(40-28(35)38)15-19-14-22(8-10-24(19)36)34-33-21-6-4-5-20(16-21)29(30,31)32/h4-10,13-17,36H,11-12H2,1-3H3/b26-15-,34-33?. The third-order valence-electron chi connectivity index (χ3n) is 5.99. The zero-order valence-electron chi connectivity index (χ0n) is 21.9. The van der Waals surface area contributed by atoms with E-state index in [4.69, 9.17) is 4.74 Å². The normalized spacial score (nSPS) is 15.2. The van der Waals surface area contributed by atoms with E-state index in [2.05, 4.69) is 24.1 Å². The van der Waals surface area contributed by atoms with E-state index >= 15 is 0 Å². The monoisotopic (exact) mass is 569 g/mol. The van der Waals surface area contributed by atoms with Crippen molar-refractivity contribution in [3.05, 3.63) is 87.8 Å². The second-order valence-corrected chi connectivity index (χ2v) is 10.4. The van der Waals surface area contributed by atoms with Gasteiger partial charge in [0.15, 0.2) is 0 Å². The molecule has 3 aromatic carbocycles. The summed E-state index contributed by atoms with van der Waals surface area (Å²) >= 11 is 0.733. The molecule has 0 saturated carbocycles. The van der Waals surface area contributed by atoms with Gasteiger partial charge in [-0.1, -0.05) is 32.0 Å². The molecule has 0 radical (unpaired) electrons. The molecule has 0 atom stereocenters. The predicted molar refractivity (Wildman–Crippen MR) is 147 cm³/mol. The highest BCUT2D eigenvalue weighted by Crippen LogP contribution is 2.36. The van der Waals surface area contributed by atoms with Crippen LogP contribution in [0, 0.1) is 6.92 Å². The van der Waals surface area contributed by atoms with Crippen molar-refractivity contribution in [2.24, 2.45) is 10.2 Å². The van der Waals surface area contributed by atoms with Crippen molar-refractivity contribution < 1.29 is 32.6 Å². The molecular formula is C29H26F3N3O4S. The Morgan fingerprint density at radius 3 is 2.45 bits per heavy atom. The number of imide groups is 1. The number of carbonyl (C=O) groups excluding carboxylic acids is 2. The fraction of sp³-hybridized carbons (Fsp3) is 0.241. The van der Waals surface area contributed by atoms with E-state index in [1.165, 1.54) is 36.4 Å². The Balaban J connectivity index is 1.46. The van der Waals surface area contributed by atoms with Crippen LogP contribution >= 0.6 is 11.8 Å². The van der Waals surface area contributed by atoms with Gasteiger partial charge < -0.3 is 9.84 Å². The summed E-state index contributed by atoms with van der Waals surface area (Å²) in [6, 6.07) is 14.5. The molecule has 1 aliphatic heterocycles. The van der Waals surface area contributed by atoms with Crippen molar-refractivity contribution >= 4 is 40.4 Å². The number of alkyl halides is 3. The van der Waals surface area contributed by atoms with Crippen LogP contribution in [0.3, 0.4) is 0 Å². The maximum absolute atomic E-state index is 13.0. The van der Waals surface area contributed by atoms with Gasteiger partial charge in [-0.15, -0.1) is 0 Å². The van der Waals surface area contributed by atoms with E-state index < -0.39 is 22.9 Å². The number of aryl methyl sites for hydroxylation is 1. The molecule has 7 nitrogen and oxygen atoms in total. The largest absolute Gasteiger partial charge is 0.507 e. The number of thioether (sulfide) groups is 1. The first-order chi connectivity index (χ1) is 18.9. The van der Waals surface area contributed by atoms with Gasteiger partial charge in [-0.05, 0) is 84.3 Å². The second kappa shape index (κ2) is 12.0. The third-order valence-corrected chi connectivity index (χ3v) is 6.90. The first-order valence-corrected chi connectivity index (χ1v) is 13.1. The van der Waals surface area contributed by atoms with E-state index in [0.717, 1.165) is 39.9 Å². The molecule has 1 saturated heterocycles. The lowest BCUT2D eigenvalue weighted by Gasteiger charge is -2.17. The number of aromatic hydroxyl groups is 1. The van der Waals surface area contributed by atoms with Crippen LogP contribution < -0.4 is 4.74 Å². The van der Waals surface area contributed by atoms with Gasteiger partial charge >= 0.3 is 6.18 Å². The number of carbonyl (C=O) groups is 2. The molecule has 3 aromatic rings. The Morgan fingerprint density at radius 2 is 1.75 bits per heavy atom. The predicted octanol–water partition coefficient (Wildman–Crippen LogP) is 8.37. The number of phenolic OH excluding ortho intramolecular Hbond substituents is 1. The Labute approximate surface area is 233 Å². The minimum Gasteiger partial charge on any atom is -0.507 e. The summed E-state index contributed by atoms with van der Waals surface area (Å²) in [7, 11) is 0. The van der Waals surface area contributed by atoms with Crippen LogP contribution in [0.25, 0.3) is 6.08 Å². The number of hydrogen-bond acceptors (Lipinski definition) is 7. The van der Waals surface area contributed by atoms with Crippen molar-refractivity contribution in [3.63, 3.8) is 0 Å². The summed E-state index contributed by atoms with van der Waals surface area (Å²) < 4.78 is 44.7. The Kier molecular flexibility index (Phi) is 8.63. The maximum Gasteiger partial charge on any atom is 0.416 e. The average Bonchev–Trinajstić information content (AvgIpc) is 3.16. The van der Waals surface area contributed by atoms with Gasteiger partial charge in [0.2, 0.25) is 0 Å². The van der Waals surface area contributed by atoms with Gasteiger partial charge in [0.05, 0.1) is 28.4 Å². The summed E-state index contributed by atoms with van der Waals surface area (Å²) in [4.78, 5) is 26.7. The minimum absolute atomic E-state index is 0.000957. The molecule has 208 valence electrons. The first-order valence-electron chi connectivity index (χ1n) is 12.3. The topological polar surface area (TPSA) is 91.6 Å². The Bertz CT molecular complexity index is 1500. The van der Waals surface area contributed by atoms with E-state index in [-0.39, 0.29) is 46.7 Å². The third kappa shape index (κ3) is 6.90. The maximum atomic E-state index is 13.0. The van der Waals surface area contributed by atoms with E-state index in [0.29, 0.717) is 5.75 Å². The number of halogens is 3. The van der Waals surface area contributed by atoms with Crippen molar-refractivity contribution in [1.29, 1.82) is 0 Å². The second-order valence-electron chi connectivity index (χ2n) is 9.37. The molecule has 1 N–H and O–H groups in total. The molecule has 4 rings (SSSR count). The molecule has 0 aliphatic carbocycles. The van der Waals surface area contributed by atoms with E-state index in [1.54, 1.807) is 0 Å². The molecule has 1 fully saturated rings. The minimum atomic E-state index is -4.51. The van der Waals surface area contributed by atoms with Gasteiger partial charge in [-0.2, -0.15) is 23.4 Å². The van der Waals surface area contributed by atoms with Crippen LogP contribution in [0.4, 0.5) is 29.3 Å². The fourth-order valence-electron chi connectivity index (χ4n) is 3.90. The van der Waals surface area contributed by atoms with Gasteiger partial charge in [-0.25, -0.2) is 0 Å². The summed E-state index contributed by atoms with van der Waals surface area (Å²) in [5.74, 6) is 0.249. The highest BCUT2D eigenvalue weighted by atomic mass is 32.2. The van der Waals surface area contributed by atoms with Crippen molar-refractivity contribution in [1.82, 2.24) is 4.90 Å². The zero-order valence-corrected chi connectivity index (χ0v) is 22.7. The fourth-order valence-corrected chi connectivity index (χ4v) is 4.76. The van der Waals surface area contributed by atoms with E-state index in [1.807, 2.05) is 25.1 Å². The van der Waals surface area contributed by atoms with Crippen LogP contribution in [-0.2, 0) is 11.0 Å². The summed E-state index contributed by atoms with van der Waals surface area (Å²) in [5.41, 5.74) is 1.64. The summed E-state index contributed by atoms with van der Waals surface area (Å²) in [6.45, 7) is 6.22. The lowest BCUT2D eigenvalue weighted by Crippen LogP contribution is -2.32. The number of ether oxygens (including phenoxy) is 1. The van der Waals surface area contributed by atoms with Crippen molar-refractivity contribution in [2.45, 2.75) is 32.9 Å². The van der Waals surface area contributed by atoms with Crippen LogP contribution in [-0.4, -0.2) is 34.3 Å². The quantitative estimate of drug-likeness (QED) is 0.217. The lowest BCUT2D eigenvalue weighted by molar-refractivity contribution is -0.137. The molecule has 2 amide bonds.